The molecule has 4 rings (SSSR count). The van der Waals surface area contributed by atoms with Crippen molar-refractivity contribution in [1.29, 1.82) is 0 Å². The summed E-state index contributed by atoms with van der Waals surface area (Å²) >= 11 is 0. The van der Waals surface area contributed by atoms with E-state index in [0.717, 1.165) is 17.3 Å². The molecule has 0 unspecified atom stereocenters. The standard InChI is InChI=1S/C30H28O3P.BrH/c1-32-29(22-30(31)33-2)28-21-13-12-14-24(28)23-34(25-15-6-3-7-16-25,26-17-8-4-9-18-26)27-19-10-5-11-20-27;/h3-22H,23H2,1-2H3;1H/q+1;/p-1/b29-22+;. The Bertz CT molecular complexity index is 1160. The van der Waals surface area contributed by atoms with E-state index < -0.39 is 13.2 Å². The summed E-state index contributed by atoms with van der Waals surface area (Å²) in [4.78, 5) is 12.0. The van der Waals surface area contributed by atoms with Gasteiger partial charge in [-0.15, -0.1) is 0 Å². The van der Waals surface area contributed by atoms with Gasteiger partial charge in [0, 0.05) is 11.1 Å². The minimum Gasteiger partial charge on any atom is -1.00 e. The summed E-state index contributed by atoms with van der Waals surface area (Å²) < 4.78 is 10.5. The number of carbonyl (C=O) groups is 1. The van der Waals surface area contributed by atoms with Gasteiger partial charge in [-0.25, -0.2) is 4.79 Å². The normalized spacial score (nSPS) is 11.3. The molecule has 5 heteroatoms. The minimum absolute atomic E-state index is 0. The van der Waals surface area contributed by atoms with E-state index in [0.29, 0.717) is 5.76 Å². The number of esters is 1. The molecule has 178 valence electrons. The minimum atomic E-state index is -2.09. The van der Waals surface area contributed by atoms with Crippen molar-refractivity contribution >= 4 is 34.9 Å². The molecule has 0 heterocycles. The van der Waals surface area contributed by atoms with E-state index in [1.807, 2.05) is 18.2 Å². The maximum Gasteiger partial charge on any atom is 0.334 e. The number of rotatable bonds is 8. The zero-order chi connectivity index (χ0) is 23.8. The predicted molar refractivity (Wildman–Crippen MR) is 142 cm³/mol. The number of hydrogen-bond acceptors (Lipinski definition) is 3. The van der Waals surface area contributed by atoms with E-state index in [4.69, 9.17) is 9.47 Å². The van der Waals surface area contributed by atoms with Gasteiger partial charge in [0.1, 0.15) is 28.9 Å². The Morgan fingerprint density at radius 3 is 1.51 bits per heavy atom. The highest BCUT2D eigenvalue weighted by atomic mass is 79.9. The van der Waals surface area contributed by atoms with E-state index in [1.54, 1.807) is 7.11 Å². The third kappa shape index (κ3) is 5.73. The van der Waals surface area contributed by atoms with Gasteiger partial charge in [0.15, 0.2) is 0 Å². The fourth-order valence-electron chi connectivity index (χ4n) is 4.34. The number of halogens is 1. The maximum atomic E-state index is 12.0. The van der Waals surface area contributed by atoms with Gasteiger partial charge < -0.3 is 26.5 Å². The Balaban J connectivity index is 0.00000342. The van der Waals surface area contributed by atoms with Crippen LogP contribution in [0, 0.1) is 0 Å². The average Bonchev–Trinajstić information content (AvgIpc) is 2.92. The van der Waals surface area contributed by atoms with Crippen molar-refractivity contribution in [2.45, 2.75) is 6.16 Å². The highest BCUT2D eigenvalue weighted by molar-refractivity contribution is 7.95. The molecule has 0 aliphatic carbocycles. The SMILES string of the molecule is COC(=O)/C=C(/OC)c1ccccc1C[P+](c1ccccc1)(c1ccccc1)c1ccccc1.[Br-]. The van der Waals surface area contributed by atoms with Gasteiger partial charge >= 0.3 is 5.97 Å². The average molecular weight is 547 g/mol. The Labute approximate surface area is 218 Å². The Morgan fingerprint density at radius 1 is 0.657 bits per heavy atom. The van der Waals surface area contributed by atoms with Crippen LogP contribution >= 0.6 is 7.26 Å². The molecule has 0 aliphatic rings. The van der Waals surface area contributed by atoms with Crippen molar-refractivity contribution in [3.05, 3.63) is 132 Å². The van der Waals surface area contributed by atoms with Crippen LogP contribution in [-0.2, 0) is 20.4 Å². The van der Waals surface area contributed by atoms with E-state index in [-0.39, 0.29) is 17.0 Å². The summed E-state index contributed by atoms with van der Waals surface area (Å²) in [5.41, 5.74) is 2.01. The van der Waals surface area contributed by atoms with E-state index in [9.17, 15) is 4.79 Å². The lowest BCUT2D eigenvalue weighted by Gasteiger charge is -2.28. The van der Waals surface area contributed by atoms with Crippen LogP contribution in [-0.4, -0.2) is 20.2 Å². The molecule has 4 aromatic rings. The molecule has 0 aliphatic heterocycles. The number of carbonyl (C=O) groups excluding carboxylic acids is 1. The largest absolute Gasteiger partial charge is 1.00 e. The zero-order valence-corrected chi connectivity index (χ0v) is 22.3. The molecule has 4 aromatic carbocycles. The van der Waals surface area contributed by atoms with Gasteiger partial charge in [0.2, 0.25) is 0 Å². The number of ether oxygens (including phenoxy) is 2. The highest BCUT2D eigenvalue weighted by Crippen LogP contribution is 2.58. The first kappa shape index (κ1) is 26.4. The van der Waals surface area contributed by atoms with Gasteiger partial charge in [-0.3, -0.25) is 0 Å². The van der Waals surface area contributed by atoms with Crippen LogP contribution in [0.5, 0.6) is 0 Å². The third-order valence-corrected chi connectivity index (χ3v) is 10.3. The van der Waals surface area contributed by atoms with Crippen molar-refractivity contribution in [3.63, 3.8) is 0 Å². The lowest BCUT2D eigenvalue weighted by Crippen LogP contribution is -3.00. The molecular formula is C30H28BrO3P. The van der Waals surface area contributed by atoms with Crippen molar-refractivity contribution in [1.82, 2.24) is 0 Å². The molecule has 0 spiro atoms. The van der Waals surface area contributed by atoms with Crippen molar-refractivity contribution < 1.29 is 31.2 Å². The summed E-state index contributed by atoms with van der Waals surface area (Å²) in [7, 11) is 0.860. The summed E-state index contributed by atoms with van der Waals surface area (Å²) in [6.45, 7) is 0. The Kier molecular flexibility index (Phi) is 9.42. The fourth-order valence-corrected chi connectivity index (χ4v) is 8.61. The number of hydrogen-bond donors (Lipinski definition) is 0. The maximum absolute atomic E-state index is 12.0. The van der Waals surface area contributed by atoms with Gasteiger partial charge in [-0.1, -0.05) is 78.9 Å². The monoisotopic (exact) mass is 546 g/mol. The molecule has 0 radical (unpaired) electrons. The smallest absolute Gasteiger partial charge is 0.334 e. The van der Waals surface area contributed by atoms with Crippen molar-refractivity contribution in [3.8, 4) is 0 Å². The topological polar surface area (TPSA) is 35.5 Å². The van der Waals surface area contributed by atoms with Crippen LogP contribution in [0.3, 0.4) is 0 Å². The first-order valence-electron chi connectivity index (χ1n) is 11.2. The molecule has 0 bridgehead atoms. The number of methoxy groups -OCH3 is 2. The molecule has 0 atom stereocenters. The van der Waals surface area contributed by atoms with Gasteiger partial charge in [0.05, 0.1) is 26.5 Å². The van der Waals surface area contributed by atoms with E-state index in [1.165, 1.54) is 29.1 Å². The molecule has 0 saturated heterocycles. The van der Waals surface area contributed by atoms with Crippen LogP contribution in [0.2, 0.25) is 0 Å². The third-order valence-electron chi connectivity index (χ3n) is 5.95. The second-order valence-electron chi connectivity index (χ2n) is 7.87. The van der Waals surface area contributed by atoms with Crippen LogP contribution in [0.1, 0.15) is 11.1 Å². The fraction of sp³-hybridized carbons (Fsp3) is 0.100. The lowest BCUT2D eigenvalue weighted by molar-refractivity contribution is -0.134. The highest BCUT2D eigenvalue weighted by Gasteiger charge is 2.45. The van der Waals surface area contributed by atoms with Gasteiger partial charge in [-0.05, 0) is 36.4 Å². The lowest BCUT2D eigenvalue weighted by atomic mass is 10.1. The van der Waals surface area contributed by atoms with E-state index in [2.05, 4.69) is 97.1 Å². The Hall–Kier alpha value is -3.20. The van der Waals surface area contributed by atoms with Gasteiger partial charge in [0.25, 0.3) is 0 Å². The molecule has 0 N–H and O–H groups in total. The van der Waals surface area contributed by atoms with Crippen LogP contribution in [0.25, 0.3) is 5.76 Å². The first-order chi connectivity index (χ1) is 16.7. The van der Waals surface area contributed by atoms with Crippen LogP contribution in [0.4, 0.5) is 0 Å². The first-order valence-corrected chi connectivity index (χ1v) is 13.1. The van der Waals surface area contributed by atoms with Crippen molar-refractivity contribution in [2.24, 2.45) is 0 Å². The number of benzene rings is 4. The van der Waals surface area contributed by atoms with Crippen LogP contribution in [0.15, 0.2) is 121 Å². The summed E-state index contributed by atoms with van der Waals surface area (Å²) in [6.07, 6.45) is 2.19. The van der Waals surface area contributed by atoms with Crippen LogP contribution < -0.4 is 32.9 Å². The summed E-state index contributed by atoms with van der Waals surface area (Å²) in [5, 5.41) is 3.91. The second kappa shape index (κ2) is 12.5. The van der Waals surface area contributed by atoms with E-state index >= 15 is 0 Å². The summed E-state index contributed by atoms with van der Waals surface area (Å²) in [5.74, 6) is 0.0524. The molecule has 3 nitrogen and oxygen atoms in total. The summed E-state index contributed by atoms with van der Waals surface area (Å²) in [6, 6.07) is 40.4. The Morgan fingerprint density at radius 2 is 1.09 bits per heavy atom. The quantitative estimate of drug-likeness (QED) is 0.147. The molecule has 0 fully saturated rings. The second-order valence-corrected chi connectivity index (χ2v) is 11.4. The molecule has 0 amide bonds. The molecule has 0 saturated carbocycles. The predicted octanol–water partition coefficient (Wildman–Crippen LogP) is 2.34. The van der Waals surface area contributed by atoms with Crippen molar-refractivity contribution in [2.75, 3.05) is 14.2 Å². The molecule has 35 heavy (non-hydrogen) atoms. The zero-order valence-electron chi connectivity index (χ0n) is 19.8. The molecule has 0 aromatic heterocycles. The van der Waals surface area contributed by atoms with Gasteiger partial charge in [-0.2, -0.15) is 0 Å². The molecular weight excluding hydrogens is 519 g/mol.